The Hall–Kier alpha value is -1.17. The molecule has 4 nitrogen and oxygen atoms in total. The van der Waals surface area contributed by atoms with E-state index in [0.29, 0.717) is 0 Å². The Balaban J connectivity index is 0.000000141. The van der Waals surface area contributed by atoms with E-state index in [2.05, 4.69) is 16.2 Å². The number of piperidine rings is 1. The standard InChI is InChI=1S/C8H8N2.C6H14N2S/c9-7-5-10-8-4-2-1-3-6(7)8;1-6-2-4-8(9-7)5-3-6/h1-5,10H,9H2;6H,2-5,7H2,1H3. The first-order valence-electron chi connectivity index (χ1n) is 6.64. The molecule has 2 heterocycles. The molecule has 1 aromatic carbocycles. The van der Waals surface area contributed by atoms with Crippen LogP contribution in [0.5, 0.6) is 0 Å². The number of benzene rings is 1. The smallest absolute Gasteiger partial charge is 0.0571 e. The summed E-state index contributed by atoms with van der Waals surface area (Å²) >= 11 is 1.38. The van der Waals surface area contributed by atoms with E-state index < -0.39 is 0 Å². The number of fused-ring (bicyclic) bond motifs is 1. The Bertz CT molecular complexity index is 503. The highest BCUT2D eigenvalue weighted by molar-refractivity contribution is 7.94. The van der Waals surface area contributed by atoms with Crippen LogP contribution < -0.4 is 10.9 Å². The Kier molecular flexibility index (Phi) is 5.13. The zero-order valence-corrected chi connectivity index (χ0v) is 12.1. The number of para-hydroxylation sites is 1. The Labute approximate surface area is 118 Å². The first-order valence-corrected chi connectivity index (χ1v) is 7.47. The fourth-order valence-electron chi connectivity index (χ4n) is 2.18. The third kappa shape index (κ3) is 3.89. The van der Waals surface area contributed by atoms with Crippen molar-refractivity contribution in [3.05, 3.63) is 30.5 Å². The van der Waals surface area contributed by atoms with Gasteiger partial charge in [0.05, 0.1) is 5.69 Å². The summed E-state index contributed by atoms with van der Waals surface area (Å²) in [5, 5.41) is 6.49. The molecule has 0 unspecified atom stereocenters. The molecule has 1 aromatic heterocycles. The number of hydrogen-bond donors (Lipinski definition) is 3. The van der Waals surface area contributed by atoms with E-state index in [1.54, 1.807) is 0 Å². The van der Waals surface area contributed by atoms with Gasteiger partial charge in [-0.25, -0.2) is 4.31 Å². The van der Waals surface area contributed by atoms with Gasteiger partial charge in [-0.3, -0.25) is 5.14 Å². The van der Waals surface area contributed by atoms with Crippen molar-refractivity contribution in [2.75, 3.05) is 18.8 Å². The number of nitrogens with zero attached hydrogens (tertiary/aromatic N) is 1. The number of hydrogen-bond acceptors (Lipinski definition) is 4. The van der Waals surface area contributed by atoms with Crippen molar-refractivity contribution >= 4 is 28.7 Å². The molecular formula is C14H22N4S. The summed E-state index contributed by atoms with van der Waals surface area (Å²) in [5.74, 6) is 0.911. The minimum Gasteiger partial charge on any atom is -0.397 e. The summed E-state index contributed by atoms with van der Waals surface area (Å²) in [6.07, 6.45) is 4.43. The van der Waals surface area contributed by atoms with Crippen LogP contribution in [0.2, 0.25) is 0 Å². The SMILES string of the molecule is CC1CCN(SN)CC1.Nc1c[nH]c2ccccc12. The van der Waals surface area contributed by atoms with E-state index in [0.717, 1.165) is 22.5 Å². The predicted molar refractivity (Wildman–Crippen MR) is 84.5 cm³/mol. The van der Waals surface area contributed by atoms with E-state index in [4.69, 9.17) is 10.9 Å². The molecule has 0 radical (unpaired) electrons. The van der Waals surface area contributed by atoms with Gasteiger partial charge in [-0.1, -0.05) is 25.1 Å². The maximum Gasteiger partial charge on any atom is 0.0571 e. The van der Waals surface area contributed by atoms with Crippen molar-refractivity contribution in [3.8, 4) is 0 Å². The third-order valence-electron chi connectivity index (χ3n) is 3.51. The lowest BCUT2D eigenvalue weighted by atomic mass is 10.0. The highest BCUT2D eigenvalue weighted by Gasteiger charge is 2.14. The second-order valence-corrected chi connectivity index (χ2v) is 5.73. The number of aromatic nitrogens is 1. The summed E-state index contributed by atoms with van der Waals surface area (Å²) in [7, 11) is 0. The van der Waals surface area contributed by atoms with Gasteiger partial charge in [-0.15, -0.1) is 0 Å². The van der Waals surface area contributed by atoms with Crippen LogP contribution in [0.1, 0.15) is 19.8 Å². The van der Waals surface area contributed by atoms with Crippen LogP contribution >= 0.6 is 12.1 Å². The number of rotatable bonds is 1. The highest BCUT2D eigenvalue weighted by Crippen LogP contribution is 2.19. The molecule has 1 fully saturated rings. The molecule has 5 N–H and O–H groups in total. The normalized spacial score (nSPS) is 17.2. The molecule has 104 valence electrons. The van der Waals surface area contributed by atoms with Gasteiger partial charge in [0.15, 0.2) is 0 Å². The monoisotopic (exact) mass is 278 g/mol. The summed E-state index contributed by atoms with van der Waals surface area (Å²) < 4.78 is 2.22. The molecular weight excluding hydrogens is 256 g/mol. The van der Waals surface area contributed by atoms with Gasteiger partial charge >= 0.3 is 0 Å². The van der Waals surface area contributed by atoms with Crippen LogP contribution in [0.25, 0.3) is 10.9 Å². The topological polar surface area (TPSA) is 71.1 Å². The van der Waals surface area contributed by atoms with Gasteiger partial charge in [0.1, 0.15) is 0 Å². The van der Waals surface area contributed by atoms with Gasteiger partial charge in [-0.05, 0) is 24.8 Å². The van der Waals surface area contributed by atoms with Crippen molar-refractivity contribution in [3.63, 3.8) is 0 Å². The van der Waals surface area contributed by atoms with E-state index >= 15 is 0 Å². The minimum atomic E-state index is 0.815. The summed E-state index contributed by atoms with van der Waals surface area (Å²) in [6, 6.07) is 7.97. The molecule has 1 saturated heterocycles. The fourth-order valence-corrected chi connectivity index (χ4v) is 2.61. The summed E-state index contributed by atoms with van der Waals surface area (Å²) in [4.78, 5) is 3.06. The van der Waals surface area contributed by atoms with Gasteiger partial charge in [0.2, 0.25) is 0 Å². The molecule has 0 atom stereocenters. The van der Waals surface area contributed by atoms with E-state index in [1.807, 2.05) is 30.5 Å². The molecule has 1 aliphatic heterocycles. The zero-order valence-electron chi connectivity index (χ0n) is 11.3. The molecule has 0 aliphatic carbocycles. The van der Waals surface area contributed by atoms with Gasteiger partial charge < -0.3 is 10.7 Å². The molecule has 2 aromatic rings. The molecule has 0 amide bonds. The Morgan fingerprint density at radius 2 is 1.95 bits per heavy atom. The average Bonchev–Trinajstić information content (AvgIpc) is 2.83. The summed E-state index contributed by atoms with van der Waals surface area (Å²) in [5.41, 5.74) is 7.56. The lowest BCUT2D eigenvalue weighted by Gasteiger charge is -2.26. The lowest BCUT2D eigenvalue weighted by molar-refractivity contribution is 0.308. The van der Waals surface area contributed by atoms with Crippen LogP contribution in [0.4, 0.5) is 5.69 Å². The van der Waals surface area contributed by atoms with Crippen LogP contribution in [-0.4, -0.2) is 22.4 Å². The second kappa shape index (κ2) is 6.84. The van der Waals surface area contributed by atoms with Crippen molar-refractivity contribution in [2.45, 2.75) is 19.8 Å². The molecule has 0 bridgehead atoms. The number of anilines is 1. The quantitative estimate of drug-likeness (QED) is 0.701. The number of nitrogens with one attached hydrogen (secondary N) is 1. The van der Waals surface area contributed by atoms with Gasteiger partial charge in [0.25, 0.3) is 0 Å². The van der Waals surface area contributed by atoms with Crippen molar-refractivity contribution in [1.29, 1.82) is 0 Å². The maximum atomic E-state index is 5.64. The van der Waals surface area contributed by atoms with Crippen LogP contribution in [0.15, 0.2) is 30.5 Å². The number of aromatic amines is 1. The van der Waals surface area contributed by atoms with Crippen molar-refractivity contribution in [1.82, 2.24) is 9.29 Å². The Morgan fingerprint density at radius 3 is 2.58 bits per heavy atom. The molecule has 5 heteroatoms. The molecule has 19 heavy (non-hydrogen) atoms. The number of H-pyrrole nitrogens is 1. The number of nitrogens with two attached hydrogens (primary N) is 2. The second-order valence-electron chi connectivity index (χ2n) is 5.01. The summed E-state index contributed by atoms with van der Waals surface area (Å²) in [6.45, 7) is 4.64. The van der Waals surface area contributed by atoms with Gasteiger partial charge in [0, 0.05) is 42.3 Å². The fraction of sp³-hybridized carbons (Fsp3) is 0.429. The third-order valence-corrected chi connectivity index (χ3v) is 4.18. The number of nitrogen functional groups attached to an aromatic ring is 1. The molecule has 0 saturated carbocycles. The van der Waals surface area contributed by atoms with Crippen LogP contribution in [0.3, 0.4) is 0 Å². The van der Waals surface area contributed by atoms with Gasteiger partial charge in [-0.2, -0.15) is 0 Å². The molecule has 0 spiro atoms. The lowest BCUT2D eigenvalue weighted by Crippen LogP contribution is -2.28. The predicted octanol–water partition coefficient (Wildman–Crippen LogP) is 2.99. The van der Waals surface area contributed by atoms with E-state index in [1.165, 1.54) is 38.1 Å². The minimum absolute atomic E-state index is 0.815. The molecule has 3 rings (SSSR count). The zero-order chi connectivity index (χ0) is 13.7. The van der Waals surface area contributed by atoms with E-state index in [-0.39, 0.29) is 0 Å². The van der Waals surface area contributed by atoms with E-state index in [9.17, 15) is 0 Å². The first kappa shape index (κ1) is 14.2. The van der Waals surface area contributed by atoms with Crippen molar-refractivity contribution < 1.29 is 0 Å². The largest absolute Gasteiger partial charge is 0.397 e. The first-order chi connectivity index (χ1) is 9.20. The Morgan fingerprint density at radius 1 is 1.26 bits per heavy atom. The average molecular weight is 278 g/mol. The van der Waals surface area contributed by atoms with Crippen molar-refractivity contribution in [2.24, 2.45) is 11.1 Å². The molecule has 1 aliphatic rings. The highest BCUT2D eigenvalue weighted by atomic mass is 32.2. The maximum absolute atomic E-state index is 5.64. The van der Waals surface area contributed by atoms with Crippen LogP contribution in [0, 0.1) is 5.92 Å². The van der Waals surface area contributed by atoms with Crippen LogP contribution in [-0.2, 0) is 0 Å².